The van der Waals surface area contributed by atoms with E-state index in [9.17, 15) is 0 Å². The second-order valence-corrected chi connectivity index (χ2v) is 7.29. The Morgan fingerprint density at radius 1 is 1.32 bits per heavy atom. The van der Waals surface area contributed by atoms with E-state index in [2.05, 4.69) is 63.5 Å². The fourth-order valence-corrected chi connectivity index (χ4v) is 3.88. The van der Waals surface area contributed by atoms with Gasteiger partial charge in [-0.2, -0.15) is 0 Å². The second-order valence-electron chi connectivity index (χ2n) is 6.09. The molecule has 0 saturated carbocycles. The summed E-state index contributed by atoms with van der Waals surface area (Å²) in [6.45, 7) is 4.94. The molecule has 0 amide bonds. The summed E-state index contributed by atoms with van der Waals surface area (Å²) >= 11 is 1.81. The third-order valence-electron chi connectivity index (χ3n) is 4.44. The molecular formula is C20H26N4S. The van der Waals surface area contributed by atoms with Crippen LogP contribution >= 0.6 is 11.3 Å². The first kappa shape index (κ1) is 17.7. The van der Waals surface area contributed by atoms with Crippen LogP contribution in [-0.2, 0) is 12.8 Å². The van der Waals surface area contributed by atoms with Crippen LogP contribution in [0.2, 0.25) is 0 Å². The van der Waals surface area contributed by atoms with Crippen molar-refractivity contribution in [2.24, 2.45) is 4.99 Å². The van der Waals surface area contributed by atoms with Crippen LogP contribution in [0.5, 0.6) is 0 Å². The zero-order valence-corrected chi connectivity index (χ0v) is 15.9. The van der Waals surface area contributed by atoms with Gasteiger partial charge in [0.1, 0.15) is 0 Å². The normalized spacial score (nSPS) is 15.2. The average Bonchev–Trinajstić information content (AvgIpc) is 3.14. The topological polar surface area (TPSA) is 40.5 Å². The molecule has 1 aliphatic heterocycles. The van der Waals surface area contributed by atoms with Crippen molar-refractivity contribution >= 4 is 22.9 Å². The predicted molar refractivity (Wildman–Crippen MR) is 107 cm³/mol. The molecule has 0 aliphatic carbocycles. The van der Waals surface area contributed by atoms with E-state index >= 15 is 0 Å². The quantitative estimate of drug-likeness (QED) is 0.659. The van der Waals surface area contributed by atoms with Gasteiger partial charge in [0.25, 0.3) is 0 Å². The van der Waals surface area contributed by atoms with Crippen molar-refractivity contribution in [3.8, 4) is 0 Å². The first-order valence-electron chi connectivity index (χ1n) is 8.93. The van der Waals surface area contributed by atoms with Crippen molar-refractivity contribution in [2.45, 2.75) is 26.2 Å². The summed E-state index contributed by atoms with van der Waals surface area (Å²) in [6.07, 6.45) is 7.38. The van der Waals surface area contributed by atoms with Crippen molar-refractivity contribution in [1.82, 2.24) is 15.2 Å². The van der Waals surface area contributed by atoms with E-state index in [4.69, 9.17) is 0 Å². The zero-order valence-electron chi connectivity index (χ0n) is 15.0. The van der Waals surface area contributed by atoms with Gasteiger partial charge in [-0.3, -0.25) is 4.99 Å². The summed E-state index contributed by atoms with van der Waals surface area (Å²) in [5.74, 6) is 0.982. The van der Waals surface area contributed by atoms with Gasteiger partial charge >= 0.3 is 0 Å². The molecule has 0 saturated heterocycles. The minimum absolute atomic E-state index is 0.870. The van der Waals surface area contributed by atoms with E-state index in [1.807, 2.05) is 24.6 Å². The van der Waals surface area contributed by atoms with Gasteiger partial charge in [-0.15, -0.1) is 11.3 Å². The van der Waals surface area contributed by atoms with Crippen molar-refractivity contribution < 1.29 is 0 Å². The number of rotatable bonds is 5. The fourth-order valence-electron chi connectivity index (χ4n) is 3.02. The van der Waals surface area contributed by atoms with Crippen molar-refractivity contribution in [3.63, 3.8) is 0 Å². The van der Waals surface area contributed by atoms with Gasteiger partial charge in [-0.1, -0.05) is 43.3 Å². The Kier molecular flexibility index (Phi) is 6.23. The Bertz CT molecular complexity index is 733. The van der Waals surface area contributed by atoms with Crippen LogP contribution in [0.4, 0.5) is 0 Å². The number of benzene rings is 1. The van der Waals surface area contributed by atoms with Crippen LogP contribution in [0.1, 0.15) is 28.8 Å². The highest BCUT2D eigenvalue weighted by Crippen LogP contribution is 2.22. The molecule has 0 bridgehead atoms. The highest BCUT2D eigenvalue weighted by Gasteiger charge is 2.16. The Morgan fingerprint density at radius 2 is 2.16 bits per heavy atom. The van der Waals surface area contributed by atoms with Gasteiger partial charge in [-0.25, -0.2) is 4.98 Å². The predicted octanol–water partition coefficient (Wildman–Crippen LogP) is 3.61. The maximum Gasteiger partial charge on any atom is 0.193 e. The van der Waals surface area contributed by atoms with Gasteiger partial charge in [0.2, 0.25) is 0 Å². The van der Waals surface area contributed by atoms with E-state index in [1.54, 1.807) is 0 Å². The lowest BCUT2D eigenvalue weighted by molar-refractivity contribution is 0.440. The lowest BCUT2D eigenvalue weighted by Gasteiger charge is -2.29. The van der Waals surface area contributed by atoms with Gasteiger partial charge in [-0.05, 0) is 24.0 Å². The van der Waals surface area contributed by atoms with Crippen LogP contribution in [0, 0.1) is 0 Å². The monoisotopic (exact) mass is 354 g/mol. The molecule has 1 aromatic heterocycles. The molecule has 1 N–H and O–H groups in total. The molecule has 5 heteroatoms. The number of aryl methyl sites for hydroxylation is 1. The van der Waals surface area contributed by atoms with Gasteiger partial charge in [0.15, 0.2) is 5.96 Å². The number of nitrogens with zero attached hydrogens (tertiary/aromatic N) is 3. The van der Waals surface area contributed by atoms with Crippen molar-refractivity contribution in [1.29, 1.82) is 0 Å². The summed E-state index contributed by atoms with van der Waals surface area (Å²) in [6, 6.07) is 10.6. The number of aromatic nitrogens is 1. The fraction of sp³-hybridized carbons (Fsp3) is 0.400. The minimum Gasteiger partial charge on any atom is -0.356 e. The highest BCUT2D eigenvalue weighted by molar-refractivity contribution is 7.11. The molecule has 0 spiro atoms. The van der Waals surface area contributed by atoms with Crippen LogP contribution < -0.4 is 5.32 Å². The number of nitrogens with one attached hydrogen (secondary N) is 1. The Hall–Kier alpha value is -2.14. The maximum absolute atomic E-state index is 4.48. The standard InChI is InChI=1S/C20H26N4S/c1-3-18-15-23-19(25-18)9-12-22-20(21-2)24-13-10-17(11-14-24)16-7-5-4-6-8-16/h4-8,10,15H,3,9,11-14H2,1-2H3,(H,21,22). The maximum atomic E-state index is 4.48. The summed E-state index contributed by atoms with van der Waals surface area (Å²) < 4.78 is 0. The molecule has 1 aromatic carbocycles. The highest BCUT2D eigenvalue weighted by atomic mass is 32.1. The van der Waals surface area contributed by atoms with E-state index in [-0.39, 0.29) is 0 Å². The number of hydrogen-bond donors (Lipinski definition) is 1. The molecule has 25 heavy (non-hydrogen) atoms. The van der Waals surface area contributed by atoms with Gasteiger partial charge in [0, 0.05) is 44.2 Å². The van der Waals surface area contributed by atoms with Crippen LogP contribution in [0.25, 0.3) is 5.57 Å². The van der Waals surface area contributed by atoms with E-state index in [1.165, 1.54) is 21.0 Å². The second kappa shape index (κ2) is 8.81. The molecule has 2 aromatic rings. The smallest absolute Gasteiger partial charge is 0.193 e. The van der Waals surface area contributed by atoms with E-state index in [0.717, 1.165) is 44.9 Å². The number of hydrogen-bond acceptors (Lipinski definition) is 3. The summed E-state index contributed by atoms with van der Waals surface area (Å²) in [5.41, 5.74) is 2.77. The molecule has 2 heterocycles. The Balaban J connectivity index is 1.51. The van der Waals surface area contributed by atoms with Crippen molar-refractivity contribution in [2.75, 3.05) is 26.7 Å². The first-order valence-corrected chi connectivity index (χ1v) is 9.75. The lowest BCUT2D eigenvalue weighted by atomic mass is 10.00. The molecule has 4 nitrogen and oxygen atoms in total. The van der Waals surface area contributed by atoms with Crippen LogP contribution in [-0.4, -0.2) is 42.5 Å². The summed E-state index contributed by atoms with van der Waals surface area (Å²) in [5, 5.41) is 4.68. The molecule has 0 radical (unpaired) electrons. The Labute approximate surface area is 154 Å². The van der Waals surface area contributed by atoms with E-state index in [0.29, 0.717) is 0 Å². The van der Waals surface area contributed by atoms with Gasteiger partial charge < -0.3 is 10.2 Å². The molecule has 1 aliphatic rings. The van der Waals surface area contributed by atoms with E-state index < -0.39 is 0 Å². The van der Waals surface area contributed by atoms with Crippen LogP contribution in [0.15, 0.2) is 47.6 Å². The van der Waals surface area contributed by atoms with Crippen LogP contribution in [0.3, 0.4) is 0 Å². The SMILES string of the molecule is CCc1cnc(CCNC(=NC)N2CC=C(c3ccccc3)CC2)s1. The summed E-state index contributed by atoms with van der Waals surface area (Å²) in [7, 11) is 1.86. The molecule has 3 rings (SSSR count). The average molecular weight is 355 g/mol. The molecule has 132 valence electrons. The van der Waals surface area contributed by atoms with Gasteiger partial charge in [0.05, 0.1) is 5.01 Å². The first-order chi connectivity index (χ1) is 12.3. The molecule has 0 atom stereocenters. The molecular weight excluding hydrogens is 328 g/mol. The molecule has 0 unspecified atom stereocenters. The number of thiazole rings is 1. The number of guanidine groups is 1. The third-order valence-corrected chi connectivity index (χ3v) is 5.64. The minimum atomic E-state index is 0.870. The third kappa shape index (κ3) is 4.69. The lowest BCUT2D eigenvalue weighted by Crippen LogP contribution is -2.44. The zero-order chi connectivity index (χ0) is 17.5. The van der Waals surface area contributed by atoms with Crippen molar-refractivity contribution in [3.05, 3.63) is 58.1 Å². The largest absolute Gasteiger partial charge is 0.356 e. The summed E-state index contributed by atoms with van der Waals surface area (Å²) in [4.78, 5) is 12.6. The Morgan fingerprint density at radius 3 is 2.80 bits per heavy atom. The number of aliphatic imine (C=N–C) groups is 1. The molecule has 0 fully saturated rings.